The van der Waals surface area contributed by atoms with Gasteiger partial charge >= 0.3 is 0 Å². The van der Waals surface area contributed by atoms with Gasteiger partial charge in [-0.2, -0.15) is 9.65 Å². The Labute approximate surface area is 208 Å². The second kappa shape index (κ2) is 15.2. The van der Waals surface area contributed by atoms with Crippen molar-refractivity contribution in [2.45, 2.75) is 116 Å². The van der Waals surface area contributed by atoms with Gasteiger partial charge in [0.05, 0.1) is 0 Å². The van der Waals surface area contributed by atoms with E-state index in [2.05, 4.69) is 31.2 Å². The smallest absolute Gasteiger partial charge is 0.195 e. The molecule has 1 aromatic rings. The van der Waals surface area contributed by atoms with E-state index >= 15 is 0 Å². The minimum atomic E-state index is -0.711. The fourth-order valence-electron chi connectivity index (χ4n) is 6.38. The van der Waals surface area contributed by atoms with Crippen molar-refractivity contribution in [3.05, 3.63) is 59.4 Å². The topological polar surface area (TPSA) is 23.8 Å². The lowest BCUT2D eigenvalue weighted by Crippen LogP contribution is -2.25. The highest BCUT2D eigenvalue weighted by Gasteiger charge is 2.31. The van der Waals surface area contributed by atoms with Crippen LogP contribution in [0.2, 0.25) is 0 Å². The summed E-state index contributed by atoms with van der Waals surface area (Å²) in [6, 6.07) is 11.2. The average Bonchev–Trinajstić information content (AvgIpc) is 2.89. The Hall–Kier alpha value is -1.88. The molecule has 1 nitrogen and oxygen atoms in total. The molecule has 3 rings (SSSR count). The Morgan fingerprint density at radius 2 is 1.56 bits per heavy atom. The first-order chi connectivity index (χ1) is 16.7. The molecule has 0 heterocycles. The third kappa shape index (κ3) is 9.05. The molecule has 0 atom stereocenters. The minimum absolute atomic E-state index is 0.711. The lowest BCUT2D eigenvalue weighted by atomic mass is 9.68. The van der Waals surface area contributed by atoms with Gasteiger partial charge in [0.15, 0.2) is 5.83 Å². The van der Waals surface area contributed by atoms with E-state index in [4.69, 9.17) is 5.26 Å². The predicted molar refractivity (Wildman–Crippen MR) is 142 cm³/mol. The second-order valence-electron chi connectivity index (χ2n) is 10.9. The van der Waals surface area contributed by atoms with Gasteiger partial charge in [0.2, 0.25) is 0 Å². The van der Waals surface area contributed by atoms with E-state index in [1.54, 1.807) is 11.6 Å². The first kappa shape index (κ1) is 26.7. The Kier molecular flexibility index (Phi) is 11.9. The van der Waals surface area contributed by atoms with E-state index < -0.39 is 5.83 Å². The summed E-state index contributed by atoms with van der Waals surface area (Å²) in [4.78, 5) is 0. The molecule has 0 radical (unpaired) electrons. The molecule has 1 aromatic carbocycles. The van der Waals surface area contributed by atoms with Crippen molar-refractivity contribution in [2.24, 2.45) is 17.8 Å². The van der Waals surface area contributed by atoms with E-state index in [-0.39, 0.29) is 0 Å². The number of benzene rings is 1. The zero-order valence-electron chi connectivity index (χ0n) is 21.5. The van der Waals surface area contributed by atoms with Crippen LogP contribution in [0.1, 0.15) is 120 Å². The largest absolute Gasteiger partial charge is 0.199 e. The van der Waals surface area contributed by atoms with Gasteiger partial charge in [-0.15, -0.1) is 0 Å². The molecule has 0 aliphatic heterocycles. The maximum absolute atomic E-state index is 12.8. The maximum atomic E-state index is 12.8. The molecule has 2 aliphatic rings. The van der Waals surface area contributed by atoms with Crippen LogP contribution < -0.4 is 0 Å². The van der Waals surface area contributed by atoms with Gasteiger partial charge in [0.1, 0.15) is 6.07 Å². The summed E-state index contributed by atoms with van der Waals surface area (Å²) < 4.78 is 12.8. The lowest BCUT2D eigenvalue weighted by Gasteiger charge is -2.38. The molecular weight excluding hydrogens is 417 g/mol. The number of unbranched alkanes of at least 4 members (excludes halogenated alkanes) is 4. The van der Waals surface area contributed by atoms with Crippen molar-refractivity contribution in [1.29, 1.82) is 5.26 Å². The molecule has 0 aromatic heterocycles. The van der Waals surface area contributed by atoms with Crippen molar-refractivity contribution < 1.29 is 4.39 Å². The zero-order chi connectivity index (χ0) is 24.0. The van der Waals surface area contributed by atoms with Crippen molar-refractivity contribution in [1.82, 2.24) is 0 Å². The first-order valence-corrected chi connectivity index (χ1v) is 14.2. The second-order valence-corrected chi connectivity index (χ2v) is 10.9. The van der Waals surface area contributed by atoms with E-state index in [9.17, 15) is 4.39 Å². The summed E-state index contributed by atoms with van der Waals surface area (Å²) >= 11 is 0. The standard InChI is InChI=1S/C32H46FN/c1-2-3-4-5-7-10-26-13-17-28(18-14-26)30-21-23-31(24-22-30)29-19-15-27(16-20-29)11-8-6-9-12-32(33)25-34/h6,9,12-14,17-18,27,29-31H,2-5,7-8,10-11,15-16,19-24H2,1H3. The summed E-state index contributed by atoms with van der Waals surface area (Å²) in [6.45, 7) is 2.28. The molecule has 0 saturated heterocycles. The van der Waals surface area contributed by atoms with E-state index in [0.29, 0.717) is 0 Å². The molecular formula is C32H46FN. The van der Waals surface area contributed by atoms with Crippen molar-refractivity contribution >= 4 is 0 Å². The number of halogens is 1. The average molecular weight is 464 g/mol. The number of aryl methyl sites for hydroxylation is 1. The number of rotatable bonds is 12. The Bertz CT molecular complexity index is 783. The normalized spacial score (nSPS) is 26.0. The summed E-state index contributed by atoms with van der Waals surface area (Å²) in [5, 5.41) is 8.43. The molecule has 2 heteroatoms. The van der Waals surface area contributed by atoms with Crippen LogP contribution in [0.25, 0.3) is 0 Å². The van der Waals surface area contributed by atoms with Crippen LogP contribution in [0.5, 0.6) is 0 Å². The number of hydrogen-bond acceptors (Lipinski definition) is 1. The highest BCUT2D eigenvalue weighted by molar-refractivity contribution is 5.26. The third-order valence-electron chi connectivity index (χ3n) is 8.58. The van der Waals surface area contributed by atoms with Crippen LogP contribution in [-0.2, 0) is 6.42 Å². The van der Waals surface area contributed by atoms with Crippen LogP contribution >= 0.6 is 0 Å². The van der Waals surface area contributed by atoms with Gasteiger partial charge in [0.25, 0.3) is 0 Å². The van der Waals surface area contributed by atoms with Crippen LogP contribution in [-0.4, -0.2) is 0 Å². The number of hydrogen-bond donors (Lipinski definition) is 0. The Morgan fingerprint density at radius 1 is 0.912 bits per heavy atom. The fourth-order valence-corrected chi connectivity index (χ4v) is 6.38. The van der Waals surface area contributed by atoms with Gasteiger partial charge in [-0.25, -0.2) is 0 Å². The number of allylic oxidation sites excluding steroid dienone is 4. The monoisotopic (exact) mass is 463 g/mol. The predicted octanol–water partition coefficient (Wildman–Crippen LogP) is 9.99. The van der Waals surface area contributed by atoms with Crippen molar-refractivity contribution in [3.8, 4) is 6.07 Å². The number of nitriles is 1. The van der Waals surface area contributed by atoms with Gasteiger partial charge in [0, 0.05) is 0 Å². The van der Waals surface area contributed by atoms with Crippen LogP contribution in [0.4, 0.5) is 4.39 Å². The Morgan fingerprint density at radius 3 is 2.21 bits per heavy atom. The van der Waals surface area contributed by atoms with Gasteiger partial charge in [-0.3, -0.25) is 0 Å². The third-order valence-corrected chi connectivity index (χ3v) is 8.58. The lowest BCUT2D eigenvalue weighted by molar-refractivity contribution is 0.157. The quantitative estimate of drug-likeness (QED) is 0.172. The summed E-state index contributed by atoms with van der Waals surface area (Å²) in [5.74, 6) is 2.77. The molecule has 0 bridgehead atoms. The molecule has 2 saturated carbocycles. The summed E-state index contributed by atoms with van der Waals surface area (Å²) in [5.41, 5.74) is 3.10. The van der Waals surface area contributed by atoms with Gasteiger partial charge in [-0.1, -0.05) is 81.9 Å². The SMILES string of the molecule is CCCCCCCc1ccc(C2CCC(C3CCC(CCC=CC=C(F)C#N)CC3)CC2)cc1. The molecule has 186 valence electrons. The van der Waals surface area contributed by atoms with Crippen molar-refractivity contribution in [3.63, 3.8) is 0 Å². The zero-order valence-corrected chi connectivity index (χ0v) is 21.5. The van der Waals surface area contributed by atoms with Gasteiger partial charge in [-0.05, 0) is 105 Å². The van der Waals surface area contributed by atoms with Crippen molar-refractivity contribution in [2.75, 3.05) is 0 Å². The highest BCUT2D eigenvalue weighted by Crippen LogP contribution is 2.44. The molecule has 2 aliphatic carbocycles. The molecule has 0 amide bonds. The van der Waals surface area contributed by atoms with Gasteiger partial charge < -0.3 is 0 Å². The molecule has 34 heavy (non-hydrogen) atoms. The Balaban J connectivity index is 1.32. The molecule has 2 fully saturated rings. The maximum Gasteiger partial charge on any atom is 0.199 e. The van der Waals surface area contributed by atoms with E-state index in [1.807, 2.05) is 6.08 Å². The van der Waals surface area contributed by atoms with E-state index in [0.717, 1.165) is 30.1 Å². The highest BCUT2D eigenvalue weighted by atomic mass is 19.1. The molecule has 0 spiro atoms. The van der Waals surface area contributed by atoms with E-state index in [1.165, 1.54) is 114 Å². The number of nitrogens with zero attached hydrogens (tertiary/aromatic N) is 1. The fraction of sp³-hybridized carbons (Fsp3) is 0.656. The first-order valence-electron chi connectivity index (χ1n) is 14.2. The summed E-state index contributed by atoms with van der Waals surface area (Å²) in [7, 11) is 0. The molecule has 0 N–H and O–H groups in total. The minimum Gasteiger partial charge on any atom is -0.195 e. The summed E-state index contributed by atoms with van der Waals surface area (Å²) in [6.07, 6.45) is 26.3. The molecule has 0 unspecified atom stereocenters. The van der Waals surface area contributed by atoms with Crippen LogP contribution in [0, 0.1) is 29.1 Å². The van der Waals surface area contributed by atoms with Crippen LogP contribution in [0.3, 0.4) is 0 Å². The van der Waals surface area contributed by atoms with Crippen LogP contribution in [0.15, 0.2) is 48.3 Å².